The fraction of sp³-hybridized carbons (Fsp3) is 0.500. The molecule has 0 aromatic carbocycles. The maximum Gasteiger partial charge on any atom is 0.106 e. The lowest BCUT2D eigenvalue weighted by Gasteiger charge is -2.06. The molecule has 0 radical (unpaired) electrons. The molecule has 1 unspecified atom stereocenters. The maximum atomic E-state index is 9.68. The normalized spacial score (nSPS) is 12.0. The minimum atomic E-state index is -0.529. The summed E-state index contributed by atoms with van der Waals surface area (Å²) in [7, 11) is 1.82. The number of aryl methyl sites for hydroxylation is 2. The molecule has 3 heteroatoms. The Hall–Kier alpha value is -1.27. The predicted molar refractivity (Wildman–Crippen MR) is 51.0 cm³/mol. The van der Waals surface area contributed by atoms with Gasteiger partial charge in [0.15, 0.2) is 0 Å². The van der Waals surface area contributed by atoms with E-state index in [1.165, 1.54) is 0 Å². The van der Waals surface area contributed by atoms with E-state index in [9.17, 15) is 5.11 Å². The van der Waals surface area contributed by atoms with Crippen LogP contribution in [0.2, 0.25) is 0 Å². The van der Waals surface area contributed by atoms with Crippen LogP contribution in [0.5, 0.6) is 0 Å². The first kappa shape index (κ1) is 9.82. The molecule has 0 saturated carbocycles. The van der Waals surface area contributed by atoms with Gasteiger partial charge >= 0.3 is 0 Å². The zero-order valence-corrected chi connectivity index (χ0v) is 8.20. The Morgan fingerprint density at radius 2 is 2.38 bits per heavy atom. The van der Waals surface area contributed by atoms with E-state index in [4.69, 9.17) is 0 Å². The van der Waals surface area contributed by atoms with Crippen LogP contribution in [0.3, 0.4) is 0 Å². The summed E-state index contributed by atoms with van der Waals surface area (Å²) in [5, 5.41) is 13.8. The second-order valence-electron chi connectivity index (χ2n) is 2.98. The predicted octanol–water partition coefficient (Wildman–Crippen LogP) is 1.18. The van der Waals surface area contributed by atoms with Crippen molar-refractivity contribution in [2.24, 2.45) is 7.05 Å². The van der Waals surface area contributed by atoms with Crippen LogP contribution in [-0.4, -0.2) is 14.9 Å². The van der Waals surface area contributed by atoms with Crippen LogP contribution < -0.4 is 0 Å². The molecule has 0 aliphatic rings. The Balaban J connectivity index is 2.79. The molecule has 3 nitrogen and oxygen atoms in total. The van der Waals surface area contributed by atoms with Gasteiger partial charge in [-0.2, -0.15) is 5.10 Å². The van der Waals surface area contributed by atoms with E-state index in [2.05, 4.69) is 16.9 Å². The molecule has 0 amide bonds. The first-order valence-electron chi connectivity index (χ1n) is 4.23. The highest BCUT2D eigenvalue weighted by molar-refractivity contribution is 5.13. The Bertz CT molecular complexity index is 344. The molecule has 0 aliphatic heterocycles. The monoisotopic (exact) mass is 178 g/mol. The molecule has 13 heavy (non-hydrogen) atoms. The Morgan fingerprint density at radius 1 is 1.69 bits per heavy atom. The van der Waals surface area contributed by atoms with Gasteiger partial charge in [0.05, 0.1) is 11.4 Å². The molecule has 1 heterocycles. The van der Waals surface area contributed by atoms with Gasteiger partial charge in [0.1, 0.15) is 6.10 Å². The third-order valence-corrected chi connectivity index (χ3v) is 1.85. The third-order valence-electron chi connectivity index (χ3n) is 1.85. The lowest BCUT2D eigenvalue weighted by molar-refractivity contribution is 0.174. The van der Waals surface area contributed by atoms with Gasteiger partial charge in [-0.1, -0.05) is 0 Å². The Kier molecular flexibility index (Phi) is 3.10. The van der Waals surface area contributed by atoms with Gasteiger partial charge in [-0.25, -0.2) is 0 Å². The molecule has 0 bridgehead atoms. The van der Waals surface area contributed by atoms with Crippen molar-refractivity contribution in [2.75, 3.05) is 0 Å². The number of hydrogen-bond acceptors (Lipinski definition) is 2. The first-order chi connectivity index (χ1) is 6.15. The molecule has 1 N–H and O–H groups in total. The number of aliphatic hydroxyl groups excluding tert-OH is 1. The molecular weight excluding hydrogens is 164 g/mol. The van der Waals surface area contributed by atoms with E-state index >= 15 is 0 Å². The van der Waals surface area contributed by atoms with Gasteiger partial charge in [0.2, 0.25) is 0 Å². The standard InChI is InChI=1S/C10H14N2O/c1-4-5-6-10(13)9-7-8(2)11-12(9)3/h7,10,13H,6H2,1-3H3. The van der Waals surface area contributed by atoms with Gasteiger partial charge in [-0.15, -0.1) is 11.8 Å². The topological polar surface area (TPSA) is 38.1 Å². The number of rotatable bonds is 2. The number of hydrogen-bond donors (Lipinski definition) is 1. The molecule has 0 fully saturated rings. The van der Waals surface area contributed by atoms with Crippen molar-refractivity contribution < 1.29 is 5.11 Å². The molecule has 1 aromatic heterocycles. The molecule has 0 aliphatic carbocycles. The van der Waals surface area contributed by atoms with Crippen LogP contribution in [0.15, 0.2) is 6.07 Å². The van der Waals surface area contributed by atoms with Crippen molar-refractivity contribution in [1.29, 1.82) is 0 Å². The van der Waals surface area contributed by atoms with E-state index in [0.717, 1.165) is 11.4 Å². The van der Waals surface area contributed by atoms with Crippen LogP contribution in [-0.2, 0) is 7.05 Å². The van der Waals surface area contributed by atoms with Crippen molar-refractivity contribution in [2.45, 2.75) is 26.4 Å². The van der Waals surface area contributed by atoms with Crippen LogP contribution >= 0.6 is 0 Å². The molecule has 1 aromatic rings. The smallest absolute Gasteiger partial charge is 0.106 e. The van der Waals surface area contributed by atoms with Gasteiger partial charge in [-0.05, 0) is 19.9 Å². The van der Waals surface area contributed by atoms with Crippen LogP contribution in [0.1, 0.15) is 30.8 Å². The molecule has 0 spiro atoms. The number of aliphatic hydroxyl groups is 1. The highest BCUT2D eigenvalue weighted by Crippen LogP contribution is 2.15. The summed E-state index contributed by atoms with van der Waals surface area (Å²) in [6, 6.07) is 1.88. The zero-order valence-electron chi connectivity index (χ0n) is 8.20. The average molecular weight is 178 g/mol. The summed E-state index contributed by atoms with van der Waals surface area (Å²) in [5.41, 5.74) is 1.74. The largest absolute Gasteiger partial charge is 0.386 e. The summed E-state index contributed by atoms with van der Waals surface area (Å²) in [5.74, 6) is 5.60. The highest BCUT2D eigenvalue weighted by atomic mass is 16.3. The third kappa shape index (κ3) is 2.33. The average Bonchev–Trinajstić information content (AvgIpc) is 2.41. The summed E-state index contributed by atoms with van der Waals surface area (Å²) < 4.78 is 1.69. The maximum absolute atomic E-state index is 9.68. The Labute approximate surface area is 78.4 Å². The van der Waals surface area contributed by atoms with Crippen molar-refractivity contribution in [3.05, 3.63) is 17.5 Å². The minimum absolute atomic E-state index is 0.468. The zero-order chi connectivity index (χ0) is 9.84. The van der Waals surface area contributed by atoms with Crippen molar-refractivity contribution in [1.82, 2.24) is 9.78 Å². The van der Waals surface area contributed by atoms with E-state index < -0.39 is 6.10 Å². The van der Waals surface area contributed by atoms with E-state index in [0.29, 0.717) is 6.42 Å². The SMILES string of the molecule is CC#CCC(O)c1cc(C)nn1C. The molecule has 0 saturated heterocycles. The molecular formula is C10H14N2O. The fourth-order valence-corrected chi connectivity index (χ4v) is 1.25. The van der Waals surface area contributed by atoms with Gasteiger partial charge in [-0.3, -0.25) is 4.68 Å². The second kappa shape index (κ2) is 4.11. The lowest BCUT2D eigenvalue weighted by Crippen LogP contribution is -2.04. The van der Waals surface area contributed by atoms with Crippen molar-refractivity contribution in [3.8, 4) is 11.8 Å². The first-order valence-corrected chi connectivity index (χ1v) is 4.23. The van der Waals surface area contributed by atoms with Crippen molar-refractivity contribution in [3.63, 3.8) is 0 Å². The summed E-state index contributed by atoms with van der Waals surface area (Å²) in [6.07, 6.45) is -0.0613. The van der Waals surface area contributed by atoms with E-state index in [1.807, 2.05) is 20.0 Å². The lowest BCUT2D eigenvalue weighted by atomic mass is 10.2. The van der Waals surface area contributed by atoms with Crippen LogP contribution in [0, 0.1) is 18.8 Å². The number of nitrogens with zero attached hydrogens (tertiary/aromatic N) is 2. The fourth-order valence-electron chi connectivity index (χ4n) is 1.25. The van der Waals surface area contributed by atoms with Gasteiger partial charge in [0, 0.05) is 13.5 Å². The minimum Gasteiger partial charge on any atom is -0.386 e. The molecule has 70 valence electrons. The highest BCUT2D eigenvalue weighted by Gasteiger charge is 2.10. The quantitative estimate of drug-likeness (QED) is 0.690. The molecule has 1 atom stereocenters. The van der Waals surface area contributed by atoms with E-state index in [-0.39, 0.29) is 0 Å². The van der Waals surface area contributed by atoms with Crippen molar-refractivity contribution >= 4 is 0 Å². The van der Waals surface area contributed by atoms with E-state index in [1.54, 1.807) is 11.6 Å². The second-order valence-corrected chi connectivity index (χ2v) is 2.98. The van der Waals surface area contributed by atoms with Gasteiger partial charge < -0.3 is 5.11 Å². The molecule has 1 rings (SSSR count). The van der Waals surface area contributed by atoms with Crippen LogP contribution in [0.4, 0.5) is 0 Å². The summed E-state index contributed by atoms with van der Waals surface area (Å²) in [6.45, 7) is 3.67. The van der Waals surface area contributed by atoms with Crippen LogP contribution in [0.25, 0.3) is 0 Å². The summed E-state index contributed by atoms with van der Waals surface area (Å²) in [4.78, 5) is 0. The van der Waals surface area contributed by atoms with Gasteiger partial charge in [0.25, 0.3) is 0 Å². The Morgan fingerprint density at radius 3 is 2.85 bits per heavy atom. The summed E-state index contributed by atoms with van der Waals surface area (Å²) >= 11 is 0. The number of aromatic nitrogens is 2.